The molecule has 33 heavy (non-hydrogen) atoms. The van der Waals surface area contributed by atoms with E-state index in [-0.39, 0.29) is 11.5 Å². The van der Waals surface area contributed by atoms with E-state index >= 15 is 0 Å². The number of thiazole rings is 1. The molecule has 0 aliphatic rings. The van der Waals surface area contributed by atoms with Gasteiger partial charge in [-0.2, -0.15) is 13.2 Å². The SMILES string of the molecule is Cc1nc(-c2ccccc2)c(Oc2ccnc(Nc3cccc(S(=O)(=O)C(F)(F)F)c3)c2)s1. The van der Waals surface area contributed by atoms with E-state index in [0.717, 1.165) is 22.7 Å². The van der Waals surface area contributed by atoms with Crippen molar-refractivity contribution in [3.05, 3.63) is 77.9 Å². The minimum Gasteiger partial charge on any atom is -0.444 e. The Morgan fingerprint density at radius 3 is 2.48 bits per heavy atom. The topological polar surface area (TPSA) is 81.2 Å². The lowest BCUT2D eigenvalue weighted by Gasteiger charge is -2.11. The van der Waals surface area contributed by atoms with E-state index in [1.54, 1.807) is 12.1 Å². The third-order valence-electron chi connectivity index (χ3n) is 4.41. The van der Waals surface area contributed by atoms with Crippen LogP contribution in [0.5, 0.6) is 10.8 Å². The van der Waals surface area contributed by atoms with Crippen molar-refractivity contribution in [2.45, 2.75) is 17.3 Å². The monoisotopic (exact) mass is 491 g/mol. The van der Waals surface area contributed by atoms with Crippen LogP contribution < -0.4 is 10.1 Å². The number of halogens is 3. The van der Waals surface area contributed by atoms with E-state index in [1.807, 2.05) is 37.3 Å². The number of aromatic nitrogens is 2. The van der Waals surface area contributed by atoms with Gasteiger partial charge in [-0.15, -0.1) is 0 Å². The maximum absolute atomic E-state index is 12.9. The predicted octanol–water partition coefficient (Wildman–Crippen LogP) is 6.34. The van der Waals surface area contributed by atoms with Crippen LogP contribution in [0.4, 0.5) is 24.7 Å². The lowest BCUT2D eigenvalue weighted by molar-refractivity contribution is -0.0435. The summed E-state index contributed by atoms with van der Waals surface area (Å²) >= 11 is 1.37. The molecule has 0 saturated carbocycles. The van der Waals surface area contributed by atoms with Gasteiger partial charge in [0.2, 0.25) is 5.06 Å². The largest absolute Gasteiger partial charge is 0.501 e. The number of aryl methyl sites for hydroxylation is 1. The Morgan fingerprint density at radius 1 is 1.00 bits per heavy atom. The van der Waals surface area contributed by atoms with Crippen LogP contribution in [0.1, 0.15) is 5.01 Å². The molecule has 0 saturated heterocycles. The first-order valence-electron chi connectivity index (χ1n) is 9.49. The number of ether oxygens (including phenoxy) is 1. The van der Waals surface area contributed by atoms with Crippen LogP contribution >= 0.6 is 11.3 Å². The second-order valence-corrected chi connectivity index (χ2v) is 9.92. The zero-order chi connectivity index (χ0) is 23.6. The van der Waals surface area contributed by atoms with Crippen LogP contribution in [0.2, 0.25) is 0 Å². The van der Waals surface area contributed by atoms with E-state index in [2.05, 4.69) is 15.3 Å². The Balaban J connectivity index is 1.58. The first-order chi connectivity index (χ1) is 15.6. The number of anilines is 2. The second kappa shape index (κ2) is 8.83. The third kappa shape index (κ3) is 4.99. The summed E-state index contributed by atoms with van der Waals surface area (Å²) in [6.45, 7) is 1.87. The molecule has 4 rings (SSSR count). The summed E-state index contributed by atoms with van der Waals surface area (Å²) < 4.78 is 67.9. The smallest absolute Gasteiger partial charge is 0.444 e. The average molecular weight is 492 g/mol. The maximum Gasteiger partial charge on any atom is 0.501 e. The van der Waals surface area contributed by atoms with Gasteiger partial charge in [-0.1, -0.05) is 47.7 Å². The number of nitrogens with one attached hydrogen (secondary N) is 1. The Labute approximate surface area is 191 Å². The van der Waals surface area contributed by atoms with Crippen molar-refractivity contribution >= 4 is 32.7 Å². The number of benzene rings is 2. The molecule has 0 radical (unpaired) electrons. The highest BCUT2D eigenvalue weighted by Crippen LogP contribution is 2.38. The first kappa shape index (κ1) is 22.7. The highest BCUT2D eigenvalue weighted by molar-refractivity contribution is 7.92. The molecule has 6 nitrogen and oxygen atoms in total. The van der Waals surface area contributed by atoms with Crippen molar-refractivity contribution in [2.24, 2.45) is 0 Å². The Hall–Kier alpha value is -3.44. The van der Waals surface area contributed by atoms with Crippen molar-refractivity contribution in [3.8, 4) is 22.1 Å². The van der Waals surface area contributed by atoms with Gasteiger partial charge in [-0.3, -0.25) is 0 Å². The van der Waals surface area contributed by atoms with Gasteiger partial charge < -0.3 is 10.1 Å². The number of alkyl halides is 3. The lowest BCUT2D eigenvalue weighted by atomic mass is 10.2. The van der Waals surface area contributed by atoms with E-state index in [4.69, 9.17) is 4.74 Å². The van der Waals surface area contributed by atoms with Crippen LogP contribution in [0.15, 0.2) is 77.8 Å². The maximum atomic E-state index is 12.9. The molecule has 170 valence electrons. The Bertz CT molecular complexity index is 1390. The van der Waals surface area contributed by atoms with Crippen LogP contribution in [0.3, 0.4) is 0 Å². The van der Waals surface area contributed by atoms with E-state index in [1.165, 1.54) is 29.7 Å². The Kier molecular flexibility index (Phi) is 6.09. The van der Waals surface area contributed by atoms with Gasteiger partial charge in [-0.05, 0) is 31.2 Å². The second-order valence-electron chi connectivity index (χ2n) is 6.82. The fraction of sp³-hybridized carbons (Fsp3) is 0.0909. The van der Waals surface area contributed by atoms with Gasteiger partial charge in [0.1, 0.15) is 17.3 Å². The first-order valence-corrected chi connectivity index (χ1v) is 11.8. The Morgan fingerprint density at radius 2 is 1.76 bits per heavy atom. The lowest BCUT2D eigenvalue weighted by Crippen LogP contribution is -2.23. The van der Waals surface area contributed by atoms with Crippen molar-refractivity contribution in [1.82, 2.24) is 9.97 Å². The number of pyridine rings is 1. The average Bonchev–Trinajstić information content (AvgIpc) is 3.14. The molecule has 0 fully saturated rings. The van der Waals surface area contributed by atoms with Gasteiger partial charge in [0.25, 0.3) is 9.84 Å². The number of rotatable bonds is 6. The van der Waals surface area contributed by atoms with Crippen LogP contribution in [0, 0.1) is 6.92 Å². The van der Waals surface area contributed by atoms with Crippen LogP contribution in [0.25, 0.3) is 11.3 Å². The van der Waals surface area contributed by atoms with Crippen molar-refractivity contribution < 1.29 is 26.3 Å². The van der Waals surface area contributed by atoms with E-state index in [9.17, 15) is 21.6 Å². The molecule has 0 atom stereocenters. The van der Waals surface area contributed by atoms with Crippen LogP contribution in [-0.4, -0.2) is 23.9 Å². The van der Waals surface area contributed by atoms with E-state index < -0.39 is 20.2 Å². The van der Waals surface area contributed by atoms with Gasteiger partial charge in [0.05, 0.1) is 9.90 Å². The van der Waals surface area contributed by atoms with Gasteiger partial charge in [-0.25, -0.2) is 18.4 Å². The molecule has 4 aromatic rings. The number of hydrogen-bond acceptors (Lipinski definition) is 7. The molecule has 11 heteroatoms. The molecule has 2 aromatic heterocycles. The van der Waals surface area contributed by atoms with Crippen molar-refractivity contribution in [3.63, 3.8) is 0 Å². The zero-order valence-electron chi connectivity index (χ0n) is 17.0. The zero-order valence-corrected chi connectivity index (χ0v) is 18.6. The molecule has 0 aliphatic heterocycles. The molecule has 2 heterocycles. The summed E-state index contributed by atoms with van der Waals surface area (Å²) in [5.41, 5.74) is -3.67. The predicted molar refractivity (Wildman–Crippen MR) is 120 cm³/mol. The molecule has 1 N–H and O–H groups in total. The summed E-state index contributed by atoms with van der Waals surface area (Å²) in [5.74, 6) is 0.684. The highest BCUT2D eigenvalue weighted by Gasteiger charge is 2.46. The normalized spacial score (nSPS) is 11.9. The van der Waals surface area contributed by atoms with E-state index in [0.29, 0.717) is 16.5 Å². The fourth-order valence-electron chi connectivity index (χ4n) is 2.93. The third-order valence-corrected chi connectivity index (χ3v) is 6.75. The molecular formula is C22H16F3N3O3S2. The summed E-state index contributed by atoms with van der Waals surface area (Å²) in [4.78, 5) is 7.80. The minimum atomic E-state index is -5.46. The van der Waals surface area contributed by atoms with Crippen molar-refractivity contribution in [1.29, 1.82) is 0 Å². The summed E-state index contributed by atoms with van der Waals surface area (Å²) in [5, 5.41) is 4.21. The minimum absolute atomic E-state index is 0.128. The molecule has 0 spiro atoms. The molecule has 0 bridgehead atoms. The number of sulfone groups is 1. The molecule has 0 aliphatic carbocycles. The van der Waals surface area contributed by atoms with Crippen LogP contribution in [-0.2, 0) is 9.84 Å². The molecule has 2 aromatic carbocycles. The van der Waals surface area contributed by atoms with Gasteiger partial charge in [0, 0.05) is 23.5 Å². The summed E-state index contributed by atoms with van der Waals surface area (Å²) in [6, 6.07) is 17.2. The fourth-order valence-corrected chi connectivity index (χ4v) is 4.54. The summed E-state index contributed by atoms with van der Waals surface area (Å²) in [7, 11) is -5.46. The molecule has 0 unspecified atom stereocenters. The van der Waals surface area contributed by atoms with Crippen molar-refractivity contribution in [2.75, 3.05) is 5.32 Å². The standard InChI is InChI=1S/C22H16F3N3O3S2/c1-14-27-20(15-6-3-2-4-7-15)21(32-14)31-17-10-11-26-19(13-17)28-16-8-5-9-18(12-16)33(29,30)22(23,24)25/h2-13H,1H3,(H,26,28). The summed E-state index contributed by atoms with van der Waals surface area (Å²) in [6.07, 6.45) is 1.46. The number of hydrogen-bond donors (Lipinski definition) is 1. The van der Waals surface area contributed by atoms with Gasteiger partial charge >= 0.3 is 5.51 Å². The van der Waals surface area contributed by atoms with Gasteiger partial charge in [0.15, 0.2) is 0 Å². The highest BCUT2D eigenvalue weighted by atomic mass is 32.2. The number of nitrogens with zero attached hydrogens (tertiary/aromatic N) is 2. The quantitative estimate of drug-likeness (QED) is 0.339. The molecular weight excluding hydrogens is 475 g/mol. The molecule has 0 amide bonds.